The first-order valence-electron chi connectivity index (χ1n) is 9.45. The lowest BCUT2D eigenvalue weighted by Gasteiger charge is -2.15. The van der Waals surface area contributed by atoms with Crippen molar-refractivity contribution < 1.29 is 9.59 Å². The van der Waals surface area contributed by atoms with Gasteiger partial charge in [-0.2, -0.15) is 0 Å². The average molecular weight is 350 g/mol. The van der Waals surface area contributed by atoms with Crippen LogP contribution in [0.2, 0.25) is 0 Å². The monoisotopic (exact) mass is 350 g/mol. The maximum Gasteiger partial charge on any atom is 0.253 e. The summed E-state index contributed by atoms with van der Waals surface area (Å²) in [4.78, 5) is 26.5. The van der Waals surface area contributed by atoms with Gasteiger partial charge in [0.05, 0.1) is 0 Å². The zero-order valence-electron chi connectivity index (χ0n) is 15.1. The van der Waals surface area contributed by atoms with Crippen LogP contribution < -0.4 is 5.32 Å². The van der Waals surface area contributed by atoms with Crippen molar-refractivity contribution in [3.63, 3.8) is 0 Å². The number of amides is 2. The first kappa shape index (κ1) is 18.2. The Morgan fingerprint density at radius 1 is 0.923 bits per heavy atom. The highest BCUT2D eigenvalue weighted by atomic mass is 16.2. The summed E-state index contributed by atoms with van der Waals surface area (Å²) in [5.41, 5.74) is 2.65. The van der Waals surface area contributed by atoms with Crippen molar-refractivity contribution in [2.75, 3.05) is 18.4 Å². The van der Waals surface area contributed by atoms with Crippen LogP contribution in [0, 0.1) is 0 Å². The number of carbonyl (C=O) groups excluding carboxylic acids is 2. The molecular weight excluding hydrogens is 324 g/mol. The minimum absolute atomic E-state index is 0.00355. The van der Waals surface area contributed by atoms with Gasteiger partial charge >= 0.3 is 0 Å². The predicted molar refractivity (Wildman–Crippen MR) is 104 cm³/mol. The van der Waals surface area contributed by atoms with Gasteiger partial charge in [-0.25, -0.2) is 0 Å². The molecule has 2 amide bonds. The van der Waals surface area contributed by atoms with E-state index in [2.05, 4.69) is 17.4 Å². The van der Waals surface area contributed by atoms with Gasteiger partial charge in [-0.1, -0.05) is 36.4 Å². The fourth-order valence-electron chi connectivity index (χ4n) is 3.32. The van der Waals surface area contributed by atoms with E-state index in [4.69, 9.17) is 0 Å². The third kappa shape index (κ3) is 5.19. The number of benzene rings is 2. The van der Waals surface area contributed by atoms with Gasteiger partial charge in [0, 0.05) is 30.8 Å². The number of aryl methyl sites for hydroxylation is 1. The van der Waals surface area contributed by atoms with Crippen LogP contribution in [-0.4, -0.2) is 29.8 Å². The highest BCUT2D eigenvalue weighted by Crippen LogP contribution is 2.17. The van der Waals surface area contributed by atoms with E-state index in [1.54, 1.807) is 6.07 Å². The van der Waals surface area contributed by atoms with E-state index in [0.717, 1.165) is 45.2 Å². The van der Waals surface area contributed by atoms with Gasteiger partial charge < -0.3 is 10.2 Å². The standard InChI is InChI=1S/C22H26N2O2/c25-21(14-5-4-11-18-9-2-1-3-10-18)23-20-13-8-12-19(17-20)22(26)24-15-6-7-16-24/h1-3,8-10,12-13,17H,4-7,11,14-16H2,(H,23,25). The van der Waals surface area contributed by atoms with Crippen molar-refractivity contribution >= 4 is 17.5 Å². The molecule has 0 unspecified atom stereocenters. The van der Waals surface area contributed by atoms with E-state index in [-0.39, 0.29) is 11.8 Å². The number of hydrogen-bond donors (Lipinski definition) is 1. The Morgan fingerprint density at radius 2 is 1.69 bits per heavy atom. The summed E-state index contributed by atoms with van der Waals surface area (Å²) in [7, 11) is 0. The number of nitrogens with one attached hydrogen (secondary N) is 1. The largest absolute Gasteiger partial charge is 0.339 e. The molecule has 0 saturated carbocycles. The molecule has 1 aliphatic rings. The Bertz CT molecular complexity index is 737. The minimum atomic E-state index is 0.00355. The molecule has 136 valence electrons. The van der Waals surface area contributed by atoms with E-state index < -0.39 is 0 Å². The first-order chi connectivity index (χ1) is 12.7. The second kappa shape index (κ2) is 9.18. The van der Waals surface area contributed by atoms with Crippen molar-refractivity contribution in [1.82, 2.24) is 4.90 Å². The Hall–Kier alpha value is -2.62. The van der Waals surface area contributed by atoms with Gasteiger partial charge in [0.25, 0.3) is 5.91 Å². The molecular formula is C22H26N2O2. The Kier molecular flexibility index (Phi) is 6.42. The molecule has 0 atom stereocenters. The smallest absolute Gasteiger partial charge is 0.253 e. The third-order valence-corrected chi connectivity index (χ3v) is 4.75. The van der Waals surface area contributed by atoms with Gasteiger partial charge in [0.2, 0.25) is 5.91 Å². The molecule has 0 radical (unpaired) electrons. The van der Waals surface area contributed by atoms with E-state index in [9.17, 15) is 9.59 Å². The molecule has 4 heteroatoms. The van der Waals surface area contributed by atoms with Crippen molar-refractivity contribution in [3.8, 4) is 0 Å². The third-order valence-electron chi connectivity index (χ3n) is 4.75. The number of rotatable bonds is 7. The van der Waals surface area contributed by atoms with E-state index in [1.807, 2.05) is 41.3 Å². The van der Waals surface area contributed by atoms with Crippen LogP contribution >= 0.6 is 0 Å². The SMILES string of the molecule is O=C(CCCCc1ccccc1)Nc1cccc(C(=O)N2CCCC2)c1. The Labute approximate surface area is 155 Å². The fraction of sp³-hybridized carbons (Fsp3) is 0.364. The quantitative estimate of drug-likeness (QED) is 0.758. The maximum absolute atomic E-state index is 12.4. The van der Waals surface area contributed by atoms with Crippen LogP contribution in [0.15, 0.2) is 54.6 Å². The summed E-state index contributed by atoms with van der Waals surface area (Å²) in [6.07, 6.45) is 5.49. The maximum atomic E-state index is 12.4. The highest BCUT2D eigenvalue weighted by molar-refractivity contribution is 5.97. The summed E-state index contributed by atoms with van der Waals surface area (Å²) in [6.45, 7) is 1.66. The van der Waals surface area contributed by atoms with Gasteiger partial charge in [-0.05, 0) is 55.9 Å². The molecule has 4 nitrogen and oxygen atoms in total. The molecule has 1 heterocycles. The molecule has 0 aliphatic carbocycles. The molecule has 3 rings (SSSR count). The molecule has 0 bridgehead atoms. The van der Waals surface area contributed by atoms with Gasteiger partial charge in [0.1, 0.15) is 0 Å². The number of hydrogen-bond acceptors (Lipinski definition) is 2. The summed E-state index contributed by atoms with van der Waals surface area (Å²) in [6, 6.07) is 17.6. The molecule has 26 heavy (non-hydrogen) atoms. The zero-order valence-corrected chi connectivity index (χ0v) is 15.1. The fourth-order valence-corrected chi connectivity index (χ4v) is 3.32. The highest BCUT2D eigenvalue weighted by Gasteiger charge is 2.19. The molecule has 0 spiro atoms. The van der Waals surface area contributed by atoms with Gasteiger partial charge in [-0.3, -0.25) is 9.59 Å². The number of carbonyl (C=O) groups is 2. The molecule has 1 fully saturated rings. The summed E-state index contributed by atoms with van der Waals surface area (Å²) in [5, 5.41) is 2.92. The molecule has 0 aromatic heterocycles. The van der Waals surface area contributed by atoms with Crippen molar-refractivity contribution in [3.05, 3.63) is 65.7 Å². The number of unbranched alkanes of at least 4 members (excludes halogenated alkanes) is 1. The second-order valence-electron chi connectivity index (χ2n) is 6.82. The van der Waals surface area contributed by atoms with E-state index in [1.165, 1.54) is 5.56 Å². The normalized spacial score (nSPS) is 13.6. The van der Waals surface area contributed by atoms with Crippen molar-refractivity contribution in [2.45, 2.75) is 38.5 Å². The van der Waals surface area contributed by atoms with Crippen LogP contribution in [0.3, 0.4) is 0 Å². The zero-order chi connectivity index (χ0) is 18.2. The molecule has 1 saturated heterocycles. The number of nitrogens with zero attached hydrogens (tertiary/aromatic N) is 1. The average Bonchev–Trinajstić information content (AvgIpc) is 3.20. The van der Waals surface area contributed by atoms with Crippen LogP contribution in [-0.2, 0) is 11.2 Å². The minimum Gasteiger partial charge on any atom is -0.339 e. The van der Waals surface area contributed by atoms with Crippen LogP contribution in [0.5, 0.6) is 0 Å². The van der Waals surface area contributed by atoms with Crippen molar-refractivity contribution in [1.29, 1.82) is 0 Å². The molecule has 2 aromatic rings. The van der Waals surface area contributed by atoms with Gasteiger partial charge in [-0.15, -0.1) is 0 Å². The molecule has 1 N–H and O–H groups in total. The van der Waals surface area contributed by atoms with Gasteiger partial charge in [0.15, 0.2) is 0 Å². The van der Waals surface area contributed by atoms with E-state index in [0.29, 0.717) is 17.7 Å². The predicted octanol–water partition coefficient (Wildman–Crippen LogP) is 4.27. The topological polar surface area (TPSA) is 49.4 Å². The van der Waals surface area contributed by atoms with Crippen molar-refractivity contribution in [2.24, 2.45) is 0 Å². The molecule has 2 aromatic carbocycles. The molecule has 1 aliphatic heterocycles. The lowest BCUT2D eigenvalue weighted by atomic mass is 10.1. The summed E-state index contributed by atoms with van der Waals surface area (Å²) >= 11 is 0. The first-order valence-corrected chi connectivity index (χ1v) is 9.45. The summed E-state index contributed by atoms with van der Waals surface area (Å²) in [5.74, 6) is 0.0605. The Morgan fingerprint density at radius 3 is 2.46 bits per heavy atom. The number of likely N-dealkylation sites (tertiary alicyclic amines) is 1. The Balaban J connectivity index is 1.45. The van der Waals surface area contributed by atoms with Crippen LogP contribution in [0.25, 0.3) is 0 Å². The lowest BCUT2D eigenvalue weighted by Crippen LogP contribution is -2.27. The summed E-state index contributed by atoms with van der Waals surface area (Å²) < 4.78 is 0. The van der Waals surface area contributed by atoms with Crippen LogP contribution in [0.4, 0.5) is 5.69 Å². The van der Waals surface area contributed by atoms with E-state index >= 15 is 0 Å². The second-order valence-corrected chi connectivity index (χ2v) is 6.82. The van der Waals surface area contributed by atoms with Crippen LogP contribution in [0.1, 0.15) is 48.0 Å². The lowest BCUT2D eigenvalue weighted by molar-refractivity contribution is -0.116. The number of anilines is 1.